The first-order valence-corrected chi connectivity index (χ1v) is 6.65. The van der Waals surface area contributed by atoms with E-state index in [9.17, 15) is 4.79 Å². The predicted octanol–water partition coefficient (Wildman–Crippen LogP) is 2.51. The number of rotatable bonds is 5. The van der Waals surface area contributed by atoms with E-state index >= 15 is 0 Å². The standard InChI is InChI=1S/C14H17N3O2.H3N/c1-2-4-10-8-17-9-12(10)13(16-14(17)18)15-7-11-5-3-6-19-11;/h3,5-6,9-10H,2,4,7-8H2,1H3,(H,15,16,18);1H3. The molecule has 2 aromatic rings. The van der Waals surface area contributed by atoms with Crippen molar-refractivity contribution in [3.05, 3.63) is 46.4 Å². The summed E-state index contributed by atoms with van der Waals surface area (Å²) in [5, 5.41) is 3.21. The minimum absolute atomic E-state index is 0. The number of aromatic nitrogens is 2. The molecule has 1 aliphatic heterocycles. The lowest BCUT2D eigenvalue weighted by molar-refractivity contribution is 0.517. The molecular weight excluding hydrogens is 256 g/mol. The summed E-state index contributed by atoms with van der Waals surface area (Å²) in [4.78, 5) is 15.9. The zero-order chi connectivity index (χ0) is 13.2. The molecule has 0 aromatic carbocycles. The molecule has 0 aliphatic carbocycles. The molecule has 0 spiro atoms. The molecule has 0 saturated carbocycles. The molecule has 3 rings (SSSR count). The Morgan fingerprint density at radius 1 is 1.55 bits per heavy atom. The predicted molar refractivity (Wildman–Crippen MR) is 77.2 cm³/mol. The largest absolute Gasteiger partial charge is 0.467 e. The molecule has 0 radical (unpaired) electrons. The van der Waals surface area contributed by atoms with Gasteiger partial charge in [0.05, 0.1) is 12.8 Å². The third-order valence-corrected chi connectivity index (χ3v) is 3.53. The van der Waals surface area contributed by atoms with E-state index in [4.69, 9.17) is 4.42 Å². The molecule has 2 bridgehead atoms. The van der Waals surface area contributed by atoms with Gasteiger partial charge in [-0.25, -0.2) is 4.79 Å². The lowest BCUT2D eigenvalue weighted by atomic mass is 9.99. The number of hydrogen-bond donors (Lipinski definition) is 2. The van der Waals surface area contributed by atoms with Crippen molar-refractivity contribution in [1.29, 1.82) is 0 Å². The quantitative estimate of drug-likeness (QED) is 0.874. The van der Waals surface area contributed by atoms with Crippen LogP contribution in [-0.2, 0) is 13.1 Å². The molecule has 6 heteroatoms. The number of nitrogens with zero attached hydrogens (tertiary/aromatic N) is 2. The van der Waals surface area contributed by atoms with E-state index in [0.29, 0.717) is 18.3 Å². The molecule has 2 aromatic heterocycles. The van der Waals surface area contributed by atoms with Gasteiger partial charge in [-0.3, -0.25) is 4.57 Å². The van der Waals surface area contributed by atoms with Gasteiger partial charge in [-0.05, 0) is 18.6 Å². The van der Waals surface area contributed by atoms with Crippen molar-refractivity contribution in [3.63, 3.8) is 0 Å². The topological polar surface area (TPSA) is 95.1 Å². The van der Waals surface area contributed by atoms with Gasteiger partial charge in [0.15, 0.2) is 0 Å². The summed E-state index contributed by atoms with van der Waals surface area (Å²) in [6.45, 7) is 3.47. The van der Waals surface area contributed by atoms with E-state index in [-0.39, 0.29) is 11.8 Å². The lowest BCUT2D eigenvalue weighted by Crippen LogP contribution is -2.20. The summed E-state index contributed by atoms with van der Waals surface area (Å²) in [6, 6.07) is 3.75. The highest BCUT2D eigenvalue weighted by molar-refractivity contribution is 5.46. The van der Waals surface area contributed by atoms with Gasteiger partial charge < -0.3 is 15.9 Å². The maximum absolute atomic E-state index is 11.8. The van der Waals surface area contributed by atoms with Gasteiger partial charge in [-0.15, -0.1) is 0 Å². The van der Waals surface area contributed by atoms with Crippen molar-refractivity contribution in [1.82, 2.24) is 15.7 Å². The summed E-state index contributed by atoms with van der Waals surface area (Å²) in [5.74, 6) is 1.94. The molecule has 0 amide bonds. The highest BCUT2D eigenvalue weighted by Crippen LogP contribution is 2.31. The monoisotopic (exact) mass is 276 g/mol. The van der Waals surface area contributed by atoms with Gasteiger partial charge in [0.2, 0.25) is 0 Å². The van der Waals surface area contributed by atoms with E-state index in [1.54, 1.807) is 10.8 Å². The highest BCUT2D eigenvalue weighted by atomic mass is 16.3. The summed E-state index contributed by atoms with van der Waals surface area (Å²) in [5.41, 5.74) is 0.970. The maximum Gasteiger partial charge on any atom is 0.349 e. The van der Waals surface area contributed by atoms with E-state index in [0.717, 1.165) is 30.7 Å². The molecule has 0 saturated heterocycles. The Morgan fingerprint density at radius 3 is 3.10 bits per heavy atom. The van der Waals surface area contributed by atoms with E-state index in [1.807, 2.05) is 18.3 Å². The molecule has 6 nitrogen and oxygen atoms in total. The third-order valence-electron chi connectivity index (χ3n) is 3.53. The second-order valence-corrected chi connectivity index (χ2v) is 4.90. The van der Waals surface area contributed by atoms with Crippen LogP contribution in [0.25, 0.3) is 0 Å². The van der Waals surface area contributed by atoms with Crippen molar-refractivity contribution >= 4 is 5.82 Å². The SMILES string of the molecule is CCCC1Cn2cc1c(NCc1ccco1)nc2=O.N. The van der Waals surface area contributed by atoms with Crippen molar-refractivity contribution < 1.29 is 4.42 Å². The molecule has 108 valence electrons. The van der Waals surface area contributed by atoms with Crippen LogP contribution < -0.4 is 17.2 Å². The van der Waals surface area contributed by atoms with Crippen LogP contribution in [-0.4, -0.2) is 9.55 Å². The van der Waals surface area contributed by atoms with E-state index in [2.05, 4.69) is 17.2 Å². The van der Waals surface area contributed by atoms with Gasteiger partial charge in [-0.2, -0.15) is 4.98 Å². The molecule has 0 fully saturated rings. The van der Waals surface area contributed by atoms with Gasteiger partial charge in [0.25, 0.3) is 0 Å². The summed E-state index contributed by atoms with van der Waals surface area (Å²) in [6.07, 6.45) is 5.76. The Hall–Kier alpha value is -2.08. The number of furan rings is 1. The van der Waals surface area contributed by atoms with Crippen LogP contribution in [0.5, 0.6) is 0 Å². The first-order chi connectivity index (χ1) is 9.28. The second kappa shape index (κ2) is 5.92. The van der Waals surface area contributed by atoms with Crippen molar-refractivity contribution in [3.8, 4) is 0 Å². The highest BCUT2D eigenvalue weighted by Gasteiger charge is 2.24. The van der Waals surface area contributed by atoms with E-state index in [1.165, 1.54) is 0 Å². The number of fused-ring (bicyclic) bond motifs is 2. The molecule has 1 unspecified atom stereocenters. The fourth-order valence-electron chi connectivity index (χ4n) is 2.59. The minimum Gasteiger partial charge on any atom is -0.467 e. The van der Waals surface area contributed by atoms with Crippen LogP contribution in [0, 0.1) is 0 Å². The molecule has 1 atom stereocenters. The van der Waals surface area contributed by atoms with Gasteiger partial charge in [0, 0.05) is 24.2 Å². The molecule has 3 heterocycles. The second-order valence-electron chi connectivity index (χ2n) is 4.90. The van der Waals surface area contributed by atoms with Gasteiger partial charge in [0.1, 0.15) is 11.6 Å². The average Bonchev–Trinajstić information content (AvgIpc) is 3.02. The smallest absolute Gasteiger partial charge is 0.349 e. The van der Waals surface area contributed by atoms with Gasteiger partial charge in [-0.1, -0.05) is 13.3 Å². The maximum atomic E-state index is 11.8. The van der Waals surface area contributed by atoms with Crippen LogP contribution in [0.15, 0.2) is 33.8 Å². The third kappa shape index (κ3) is 2.60. The Labute approximate surface area is 117 Å². The minimum atomic E-state index is -0.177. The fourth-order valence-corrected chi connectivity index (χ4v) is 2.59. The number of anilines is 1. The average molecular weight is 276 g/mol. The summed E-state index contributed by atoms with van der Waals surface area (Å²) >= 11 is 0. The lowest BCUT2D eigenvalue weighted by Gasteiger charge is -2.11. The van der Waals surface area contributed by atoms with Crippen LogP contribution in [0.2, 0.25) is 0 Å². The first kappa shape index (κ1) is 14.3. The van der Waals surface area contributed by atoms with Crippen LogP contribution in [0.4, 0.5) is 5.82 Å². The van der Waals surface area contributed by atoms with Gasteiger partial charge >= 0.3 is 5.69 Å². The summed E-state index contributed by atoms with van der Waals surface area (Å²) in [7, 11) is 0. The number of nitrogens with one attached hydrogen (secondary N) is 1. The van der Waals surface area contributed by atoms with Crippen LogP contribution in [0.3, 0.4) is 0 Å². The van der Waals surface area contributed by atoms with Crippen LogP contribution >= 0.6 is 0 Å². The fraction of sp³-hybridized carbons (Fsp3) is 0.429. The molecule has 1 aliphatic rings. The van der Waals surface area contributed by atoms with Crippen molar-refractivity contribution in [2.24, 2.45) is 0 Å². The zero-order valence-electron chi connectivity index (χ0n) is 11.6. The number of hydrogen-bond acceptors (Lipinski definition) is 5. The van der Waals surface area contributed by atoms with Crippen LogP contribution in [0.1, 0.15) is 37.0 Å². The van der Waals surface area contributed by atoms with Crippen molar-refractivity contribution in [2.75, 3.05) is 5.32 Å². The molecule has 20 heavy (non-hydrogen) atoms. The Kier molecular flexibility index (Phi) is 4.24. The Balaban J connectivity index is 0.00000147. The Morgan fingerprint density at radius 2 is 2.40 bits per heavy atom. The van der Waals surface area contributed by atoms with Crippen molar-refractivity contribution in [2.45, 2.75) is 38.8 Å². The zero-order valence-corrected chi connectivity index (χ0v) is 11.6. The molecule has 4 N–H and O–H groups in total. The Bertz CT molecular complexity index is 619. The first-order valence-electron chi connectivity index (χ1n) is 6.65. The molecular formula is C14H20N4O2. The normalized spacial score (nSPS) is 15.9. The summed E-state index contributed by atoms with van der Waals surface area (Å²) < 4.78 is 6.97. The van der Waals surface area contributed by atoms with E-state index < -0.39 is 0 Å².